The van der Waals surface area contributed by atoms with E-state index < -0.39 is 0 Å². The van der Waals surface area contributed by atoms with E-state index in [4.69, 9.17) is 11.6 Å². The number of hydrogen-bond donors (Lipinski definition) is 2. The van der Waals surface area contributed by atoms with E-state index in [9.17, 15) is 0 Å². The van der Waals surface area contributed by atoms with Crippen molar-refractivity contribution in [3.63, 3.8) is 0 Å². The van der Waals surface area contributed by atoms with Gasteiger partial charge in [-0.05, 0) is 6.92 Å². The van der Waals surface area contributed by atoms with Gasteiger partial charge in [0.2, 0.25) is 0 Å². The monoisotopic (exact) mass is 153 g/mol. The molecular formula is C6H11N5. The second-order valence-electron chi connectivity index (χ2n) is 2.32. The summed E-state index contributed by atoms with van der Waals surface area (Å²) in [6.45, 7) is 1.85. The molecule has 0 spiro atoms. The topological polar surface area (TPSA) is 82.2 Å². The van der Waals surface area contributed by atoms with E-state index in [0.29, 0.717) is 5.84 Å². The predicted molar refractivity (Wildman–Crippen MR) is 42.9 cm³/mol. The number of aromatic nitrogens is 2. The first-order chi connectivity index (χ1) is 5.15. The zero-order chi connectivity index (χ0) is 8.43. The van der Waals surface area contributed by atoms with Crippen LogP contribution in [0.25, 0.3) is 0 Å². The predicted octanol–water partition coefficient (Wildman–Crippen LogP) is -0.692. The van der Waals surface area contributed by atoms with Crippen LogP contribution in [-0.2, 0) is 7.05 Å². The molecule has 0 atom stereocenters. The zero-order valence-corrected chi connectivity index (χ0v) is 6.57. The zero-order valence-electron chi connectivity index (χ0n) is 6.57. The summed E-state index contributed by atoms with van der Waals surface area (Å²) in [5.41, 5.74) is 7.10. The van der Waals surface area contributed by atoms with Gasteiger partial charge in [-0.1, -0.05) is 0 Å². The molecule has 0 aliphatic rings. The molecule has 0 saturated heterocycles. The molecule has 60 valence electrons. The first-order valence-corrected chi connectivity index (χ1v) is 3.19. The van der Waals surface area contributed by atoms with Gasteiger partial charge in [0, 0.05) is 13.2 Å². The van der Waals surface area contributed by atoms with Crippen molar-refractivity contribution >= 4 is 5.84 Å². The van der Waals surface area contributed by atoms with Crippen molar-refractivity contribution in [2.45, 2.75) is 6.92 Å². The van der Waals surface area contributed by atoms with Crippen LogP contribution < -0.4 is 11.6 Å². The molecule has 0 amide bonds. The lowest BCUT2D eigenvalue weighted by atomic mass is 10.2. The van der Waals surface area contributed by atoms with E-state index in [-0.39, 0.29) is 0 Å². The highest BCUT2D eigenvalue weighted by molar-refractivity contribution is 5.97. The fraction of sp³-hybridized carbons (Fsp3) is 0.333. The molecule has 1 aromatic rings. The lowest BCUT2D eigenvalue weighted by Crippen LogP contribution is -2.15. The van der Waals surface area contributed by atoms with Crippen LogP contribution in [0, 0.1) is 6.92 Å². The Hall–Kier alpha value is -1.52. The van der Waals surface area contributed by atoms with Crippen LogP contribution >= 0.6 is 0 Å². The number of nitrogens with zero attached hydrogens (tertiary/aromatic N) is 3. The van der Waals surface area contributed by atoms with E-state index >= 15 is 0 Å². The van der Waals surface area contributed by atoms with Crippen molar-refractivity contribution in [2.75, 3.05) is 0 Å². The quantitative estimate of drug-likeness (QED) is 0.242. The van der Waals surface area contributed by atoms with E-state index in [1.807, 2.05) is 14.0 Å². The van der Waals surface area contributed by atoms with Gasteiger partial charge < -0.3 is 11.6 Å². The maximum atomic E-state index is 5.48. The van der Waals surface area contributed by atoms with Gasteiger partial charge in [-0.15, -0.1) is 0 Å². The standard InChI is InChI=1S/C6H11N5/c1-4-5(6(7)9-8)3-11(2)10-4/h3H,8H2,1-2H3,(H2,7,9). The maximum absolute atomic E-state index is 5.48. The number of rotatable bonds is 1. The fourth-order valence-electron chi connectivity index (χ4n) is 0.921. The van der Waals surface area contributed by atoms with Crippen LogP contribution in [0.5, 0.6) is 0 Å². The normalized spacial score (nSPS) is 12.0. The largest absolute Gasteiger partial charge is 0.382 e. The Morgan fingerprint density at radius 1 is 1.73 bits per heavy atom. The second kappa shape index (κ2) is 2.61. The third-order valence-electron chi connectivity index (χ3n) is 1.43. The van der Waals surface area contributed by atoms with E-state index in [2.05, 4.69) is 10.2 Å². The molecule has 0 bridgehead atoms. The molecule has 1 heterocycles. The molecule has 1 aromatic heterocycles. The molecule has 0 aliphatic carbocycles. The number of hydrogen-bond acceptors (Lipinski definition) is 3. The molecule has 5 heteroatoms. The lowest BCUT2D eigenvalue weighted by molar-refractivity contribution is 0.756. The van der Waals surface area contributed by atoms with E-state index in [1.54, 1.807) is 10.9 Å². The van der Waals surface area contributed by atoms with Crippen molar-refractivity contribution < 1.29 is 0 Å². The second-order valence-corrected chi connectivity index (χ2v) is 2.32. The van der Waals surface area contributed by atoms with Gasteiger partial charge in [0.15, 0.2) is 5.84 Å². The number of hydrazone groups is 1. The van der Waals surface area contributed by atoms with Gasteiger partial charge >= 0.3 is 0 Å². The number of aryl methyl sites for hydroxylation is 2. The fourth-order valence-corrected chi connectivity index (χ4v) is 0.921. The van der Waals surface area contributed by atoms with Crippen LogP contribution in [0.15, 0.2) is 11.3 Å². The highest BCUT2D eigenvalue weighted by atomic mass is 15.3. The molecule has 0 radical (unpaired) electrons. The van der Waals surface area contributed by atoms with Crippen molar-refractivity contribution in [1.29, 1.82) is 0 Å². The minimum atomic E-state index is 0.315. The minimum absolute atomic E-state index is 0.315. The third-order valence-corrected chi connectivity index (χ3v) is 1.43. The summed E-state index contributed by atoms with van der Waals surface area (Å²) in [4.78, 5) is 0. The van der Waals surface area contributed by atoms with Gasteiger partial charge in [0.1, 0.15) is 0 Å². The highest BCUT2D eigenvalue weighted by Crippen LogP contribution is 2.02. The molecule has 0 saturated carbocycles. The average molecular weight is 153 g/mol. The Kier molecular flexibility index (Phi) is 1.80. The summed E-state index contributed by atoms with van der Waals surface area (Å²) in [6, 6.07) is 0. The first-order valence-electron chi connectivity index (χ1n) is 3.19. The lowest BCUT2D eigenvalue weighted by Gasteiger charge is -1.92. The Balaban J connectivity index is 3.13. The molecule has 11 heavy (non-hydrogen) atoms. The van der Waals surface area contributed by atoms with Gasteiger partial charge in [-0.2, -0.15) is 10.2 Å². The van der Waals surface area contributed by atoms with Crippen molar-refractivity contribution in [3.8, 4) is 0 Å². The summed E-state index contributed by atoms with van der Waals surface area (Å²) in [7, 11) is 1.82. The van der Waals surface area contributed by atoms with Gasteiger partial charge in [-0.3, -0.25) is 4.68 Å². The summed E-state index contributed by atoms with van der Waals surface area (Å²) < 4.78 is 1.67. The molecule has 0 aliphatic heterocycles. The van der Waals surface area contributed by atoms with Crippen LogP contribution in [0.4, 0.5) is 0 Å². The number of amidine groups is 1. The highest BCUT2D eigenvalue weighted by Gasteiger charge is 2.05. The first kappa shape index (κ1) is 7.59. The molecule has 0 unspecified atom stereocenters. The van der Waals surface area contributed by atoms with Gasteiger partial charge in [-0.25, -0.2) is 0 Å². The molecular weight excluding hydrogens is 142 g/mol. The molecule has 1 rings (SSSR count). The van der Waals surface area contributed by atoms with Crippen molar-refractivity contribution in [2.24, 2.45) is 23.7 Å². The molecule has 5 nitrogen and oxygen atoms in total. The van der Waals surface area contributed by atoms with Crippen LogP contribution in [-0.4, -0.2) is 15.6 Å². The average Bonchev–Trinajstić information content (AvgIpc) is 2.28. The molecule has 0 fully saturated rings. The molecule has 0 aromatic carbocycles. The van der Waals surface area contributed by atoms with Crippen LogP contribution in [0.1, 0.15) is 11.3 Å². The van der Waals surface area contributed by atoms with Crippen molar-refractivity contribution in [3.05, 3.63) is 17.5 Å². The smallest absolute Gasteiger partial charge is 0.153 e. The van der Waals surface area contributed by atoms with Crippen LogP contribution in [0.2, 0.25) is 0 Å². The minimum Gasteiger partial charge on any atom is -0.382 e. The summed E-state index contributed by atoms with van der Waals surface area (Å²) >= 11 is 0. The Labute approximate surface area is 64.7 Å². The Morgan fingerprint density at radius 2 is 2.36 bits per heavy atom. The van der Waals surface area contributed by atoms with E-state index in [1.165, 1.54) is 0 Å². The third kappa shape index (κ3) is 1.31. The van der Waals surface area contributed by atoms with Gasteiger partial charge in [0.25, 0.3) is 0 Å². The van der Waals surface area contributed by atoms with E-state index in [0.717, 1.165) is 11.3 Å². The Morgan fingerprint density at radius 3 is 2.73 bits per heavy atom. The maximum Gasteiger partial charge on any atom is 0.153 e. The summed E-state index contributed by atoms with van der Waals surface area (Å²) in [6.07, 6.45) is 1.78. The van der Waals surface area contributed by atoms with Crippen LogP contribution in [0.3, 0.4) is 0 Å². The number of nitrogens with two attached hydrogens (primary N) is 2. The summed E-state index contributed by atoms with van der Waals surface area (Å²) in [5, 5.41) is 7.45. The summed E-state index contributed by atoms with van der Waals surface area (Å²) in [5.74, 6) is 5.32. The SMILES string of the molecule is Cc1nn(C)cc1/C(N)=N/N. The van der Waals surface area contributed by atoms with Crippen molar-refractivity contribution in [1.82, 2.24) is 9.78 Å². The Bertz CT molecular complexity index is 285. The van der Waals surface area contributed by atoms with Gasteiger partial charge in [0.05, 0.1) is 11.3 Å². The molecule has 4 N–H and O–H groups in total.